The van der Waals surface area contributed by atoms with Gasteiger partial charge < -0.3 is 24.7 Å². The molecule has 10 heteroatoms. The van der Waals surface area contributed by atoms with Crippen molar-refractivity contribution in [2.45, 2.75) is 5.92 Å². The number of hydrogen-bond acceptors (Lipinski definition) is 9. The lowest BCUT2D eigenvalue weighted by atomic mass is 9.81. The zero-order valence-corrected chi connectivity index (χ0v) is 20.5. The van der Waals surface area contributed by atoms with E-state index in [1.54, 1.807) is 42.5 Å². The number of allylic oxidation sites excluding steroid dienone is 1. The van der Waals surface area contributed by atoms with E-state index in [0.29, 0.717) is 17.0 Å². The van der Waals surface area contributed by atoms with Crippen LogP contribution in [0, 0.1) is 11.3 Å². The SMILES string of the molecule is COC(=O)C1=C(C(=O)OC)N(c2ccc(OC)cc2OC)C(N)=C(C#N)C1c1ccc(Br)cc1. The van der Waals surface area contributed by atoms with Gasteiger partial charge in [0.2, 0.25) is 0 Å². The van der Waals surface area contributed by atoms with Gasteiger partial charge in [-0.25, -0.2) is 9.59 Å². The van der Waals surface area contributed by atoms with Gasteiger partial charge in [0.05, 0.1) is 57.3 Å². The molecule has 0 aromatic heterocycles. The maximum absolute atomic E-state index is 13.1. The number of nitrogens with two attached hydrogens (primary N) is 1. The Hall–Kier alpha value is -3.97. The summed E-state index contributed by atoms with van der Waals surface area (Å²) in [7, 11) is 5.30. The number of carbonyl (C=O) groups is 2. The predicted octanol–water partition coefficient (Wildman–Crippen LogP) is 3.36. The van der Waals surface area contributed by atoms with E-state index in [2.05, 4.69) is 22.0 Å². The van der Waals surface area contributed by atoms with Gasteiger partial charge in [-0.3, -0.25) is 4.90 Å². The molecule has 0 saturated carbocycles. The van der Waals surface area contributed by atoms with Crippen LogP contribution >= 0.6 is 15.9 Å². The van der Waals surface area contributed by atoms with Gasteiger partial charge in [0.1, 0.15) is 23.0 Å². The first-order valence-electron chi connectivity index (χ1n) is 9.91. The fraction of sp³-hybridized carbons (Fsp3) is 0.208. The van der Waals surface area contributed by atoms with Crippen LogP contribution in [-0.2, 0) is 19.1 Å². The Kier molecular flexibility index (Phi) is 7.48. The number of hydrogen-bond donors (Lipinski definition) is 1. The number of ether oxygens (including phenoxy) is 4. The summed E-state index contributed by atoms with van der Waals surface area (Å²) in [4.78, 5) is 27.5. The van der Waals surface area contributed by atoms with Gasteiger partial charge in [0.15, 0.2) is 0 Å². The topological polar surface area (TPSA) is 124 Å². The van der Waals surface area contributed by atoms with Crippen molar-refractivity contribution in [3.63, 3.8) is 0 Å². The van der Waals surface area contributed by atoms with E-state index in [-0.39, 0.29) is 28.4 Å². The summed E-state index contributed by atoms with van der Waals surface area (Å²) in [6.07, 6.45) is 0. The standard InChI is InChI=1S/C24H22BrN3O6/c1-31-15-9-10-17(18(11-15)32-2)28-21(24(30)34-4)20(23(29)33-3)19(16(12-26)22(28)27)13-5-7-14(25)8-6-13/h5-11,19H,27H2,1-4H3. The first-order chi connectivity index (χ1) is 16.3. The van der Waals surface area contributed by atoms with E-state index in [4.69, 9.17) is 24.7 Å². The molecule has 2 aromatic carbocycles. The van der Waals surface area contributed by atoms with Crippen molar-refractivity contribution in [3.8, 4) is 17.6 Å². The Balaban J connectivity index is 2.43. The molecule has 0 saturated heterocycles. The van der Waals surface area contributed by atoms with Crippen LogP contribution in [0.25, 0.3) is 0 Å². The van der Waals surface area contributed by atoms with Crippen molar-refractivity contribution in [1.29, 1.82) is 5.26 Å². The molecule has 0 bridgehead atoms. The largest absolute Gasteiger partial charge is 0.497 e. The summed E-state index contributed by atoms with van der Waals surface area (Å²) in [5.41, 5.74) is 7.11. The van der Waals surface area contributed by atoms with Crippen molar-refractivity contribution in [3.05, 3.63) is 75.2 Å². The average molecular weight is 528 g/mol. The second-order valence-electron chi connectivity index (χ2n) is 7.01. The van der Waals surface area contributed by atoms with Gasteiger partial charge in [0, 0.05) is 10.5 Å². The maximum Gasteiger partial charge on any atom is 0.355 e. The van der Waals surface area contributed by atoms with Gasteiger partial charge in [-0.15, -0.1) is 0 Å². The highest BCUT2D eigenvalue weighted by Gasteiger charge is 2.43. The molecular weight excluding hydrogens is 506 g/mol. The molecule has 0 amide bonds. The molecule has 0 radical (unpaired) electrons. The molecule has 34 heavy (non-hydrogen) atoms. The molecule has 0 aliphatic carbocycles. The first-order valence-corrected chi connectivity index (χ1v) is 10.7. The Morgan fingerprint density at radius 3 is 2.18 bits per heavy atom. The van der Waals surface area contributed by atoms with E-state index in [9.17, 15) is 14.9 Å². The van der Waals surface area contributed by atoms with Crippen molar-refractivity contribution in [1.82, 2.24) is 0 Å². The van der Waals surface area contributed by atoms with Gasteiger partial charge in [0.25, 0.3) is 0 Å². The quantitative estimate of drug-likeness (QED) is 0.562. The number of rotatable bonds is 6. The number of nitriles is 1. The molecule has 176 valence electrons. The van der Waals surface area contributed by atoms with Crippen LogP contribution in [0.3, 0.4) is 0 Å². The van der Waals surface area contributed by atoms with Crippen LogP contribution in [0.1, 0.15) is 11.5 Å². The summed E-state index contributed by atoms with van der Waals surface area (Å²) >= 11 is 3.37. The summed E-state index contributed by atoms with van der Waals surface area (Å²) < 4.78 is 21.6. The van der Waals surface area contributed by atoms with Crippen molar-refractivity contribution in [2.24, 2.45) is 5.73 Å². The number of benzene rings is 2. The third-order valence-electron chi connectivity index (χ3n) is 5.31. The molecule has 0 fully saturated rings. The lowest BCUT2D eigenvalue weighted by Crippen LogP contribution is -2.40. The molecule has 9 nitrogen and oxygen atoms in total. The van der Waals surface area contributed by atoms with Crippen LogP contribution < -0.4 is 20.1 Å². The molecule has 3 rings (SSSR count). The van der Waals surface area contributed by atoms with Gasteiger partial charge in [-0.05, 0) is 29.8 Å². The molecule has 1 atom stereocenters. The number of esters is 2. The molecule has 1 heterocycles. The lowest BCUT2D eigenvalue weighted by Gasteiger charge is -2.36. The summed E-state index contributed by atoms with van der Waals surface area (Å²) in [6.45, 7) is 0. The van der Waals surface area contributed by atoms with Crippen LogP contribution in [-0.4, -0.2) is 40.4 Å². The lowest BCUT2D eigenvalue weighted by molar-refractivity contribution is -0.139. The Morgan fingerprint density at radius 1 is 1.00 bits per heavy atom. The molecule has 2 aromatic rings. The minimum Gasteiger partial charge on any atom is -0.497 e. The van der Waals surface area contributed by atoms with Crippen molar-refractivity contribution >= 4 is 33.6 Å². The van der Waals surface area contributed by atoms with Gasteiger partial charge in [-0.2, -0.15) is 5.26 Å². The highest BCUT2D eigenvalue weighted by Crippen LogP contribution is 2.45. The van der Waals surface area contributed by atoms with E-state index in [0.717, 1.165) is 4.47 Å². The first kappa shape index (κ1) is 24.7. The third kappa shape index (κ3) is 4.30. The van der Waals surface area contributed by atoms with E-state index < -0.39 is 17.9 Å². The minimum absolute atomic E-state index is 0.0493. The Morgan fingerprint density at radius 2 is 1.65 bits per heavy atom. The van der Waals surface area contributed by atoms with Crippen LogP contribution in [0.15, 0.2) is 69.6 Å². The number of anilines is 1. The smallest absolute Gasteiger partial charge is 0.355 e. The number of halogens is 1. The highest BCUT2D eigenvalue weighted by atomic mass is 79.9. The number of nitrogens with zero attached hydrogens (tertiary/aromatic N) is 2. The third-order valence-corrected chi connectivity index (χ3v) is 5.84. The monoisotopic (exact) mass is 527 g/mol. The second-order valence-corrected chi connectivity index (χ2v) is 7.93. The fourth-order valence-corrected chi connectivity index (χ4v) is 4.01. The minimum atomic E-state index is -0.972. The highest BCUT2D eigenvalue weighted by molar-refractivity contribution is 9.10. The molecule has 1 aliphatic heterocycles. The van der Waals surface area contributed by atoms with Crippen molar-refractivity contribution in [2.75, 3.05) is 33.3 Å². The Bertz CT molecular complexity index is 1230. The van der Waals surface area contributed by atoms with E-state index in [1.165, 1.54) is 33.3 Å². The van der Waals surface area contributed by atoms with Crippen LogP contribution in [0.2, 0.25) is 0 Å². The zero-order chi connectivity index (χ0) is 25.0. The number of carbonyl (C=O) groups excluding carboxylic acids is 2. The summed E-state index contributed by atoms with van der Waals surface area (Å²) in [5.74, 6) is -1.92. The Labute approximate surface area is 205 Å². The summed E-state index contributed by atoms with van der Waals surface area (Å²) in [5, 5.41) is 10.1. The molecule has 1 aliphatic rings. The van der Waals surface area contributed by atoms with E-state index >= 15 is 0 Å². The maximum atomic E-state index is 13.1. The van der Waals surface area contributed by atoms with Gasteiger partial charge in [-0.1, -0.05) is 28.1 Å². The van der Waals surface area contributed by atoms with Crippen LogP contribution in [0.4, 0.5) is 5.69 Å². The predicted molar refractivity (Wildman–Crippen MR) is 127 cm³/mol. The summed E-state index contributed by atoms with van der Waals surface area (Å²) in [6, 6.07) is 13.9. The molecule has 2 N–H and O–H groups in total. The average Bonchev–Trinajstić information content (AvgIpc) is 2.87. The number of methoxy groups -OCH3 is 4. The molecule has 1 unspecified atom stereocenters. The van der Waals surface area contributed by atoms with Crippen LogP contribution in [0.5, 0.6) is 11.5 Å². The second kappa shape index (κ2) is 10.3. The van der Waals surface area contributed by atoms with E-state index in [1.807, 2.05) is 0 Å². The molecular formula is C24H22BrN3O6. The molecule has 0 spiro atoms. The zero-order valence-electron chi connectivity index (χ0n) is 18.9. The van der Waals surface area contributed by atoms with Gasteiger partial charge >= 0.3 is 11.9 Å². The van der Waals surface area contributed by atoms with Crippen molar-refractivity contribution < 1.29 is 28.5 Å². The normalized spacial score (nSPS) is 15.5. The fourth-order valence-electron chi connectivity index (χ4n) is 3.74.